The zero-order chi connectivity index (χ0) is 14.0. The van der Waals surface area contributed by atoms with Crippen LogP contribution in [0.1, 0.15) is 15.5 Å². The first-order valence-corrected chi connectivity index (χ1v) is 5.87. The summed E-state index contributed by atoms with van der Waals surface area (Å²) >= 11 is 0.971. The summed E-state index contributed by atoms with van der Waals surface area (Å²) in [5.41, 5.74) is -0.748. The largest absolute Gasteiger partial charge is 0.476 e. The molecule has 0 unspecified atom stereocenters. The average Bonchev–Trinajstić information content (AvgIpc) is 2.80. The van der Waals surface area contributed by atoms with E-state index in [4.69, 9.17) is 5.11 Å². The van der Waals surface area contributed by atoms with Gasteiger partial charge in [0.15, 0.2) is 0 Å². The molecule has 0 atom stereocenters. The standard InChI is InChI=1S/C10H7N3O5S/c14-8-1-2-12(4-7(8)13(17)18)3-6-5-19-9(11-6)10(15)16/h1-2,4-5H,3H2,(H,15,16). The monoisotopic (exact) mass is 281 g/mol. The highest BCUT2D eigenvalue weighted by Gasteiger charge is 2.13. The second-order valence-corrected chi connectivity index (χ2v) is 4.43. The second kappa shape index (κ2) is 4.98. The Hall–Kier alpha value is -2.55. The predicted octanol–water partition coefficient (Wildman–Crippen LogP) is 0.960. The van der Waals surface area contributed by atoms with E-state index in [0.717, 1.165) is 23.6 Å². The summed E-state index contributed by atoms with van der Waals surface area (Å²) in [7, 11) is 0. The lowest BCUT2D eigenvalue weighted by atomic mass is 10.4. The van der Waals surface area contributed by atoms with Crippen molar-refractivity contribution in [2.24, 2.45) is 0 Å². The zero-order valence-corrected chi connectivity index (χ0v) is 10.2. The number of rotatable bonds is 4. The van der Waals surface area contributed by atoms with Crippen molar-refractivity contribution in [3.05, 3.63) is 54.9 Å². The highest BCUT2D eigenvalue weighted by molar-refractivity contribution is 7.11. The summed E-state index contributed by atoms with van der Waals surface area (Å²) in [5, 5.41) is 20.8. The van der Waals surface area contributed by atoms with Crippen molar-refractivity contribution < 1.29 is 14.8 Å². The Morgan fingerprint density at radius 3 is 2.89 bits per heavy atom. The molecule has 0 amide bonds. The van der Waals surface area contributed by atoms with Crippen LogP contribution in [0, 0.1) is 10.1 Å². The molecule has 2 aromatic heterocycles. The minimum atomic E-state index is -1.12. The molecular weight excluding hydrogens is 274 g/mol. The molecule has 0 saturated carbocycles. The summed E-state index contributed by atoms with van der Waals surface area (Å²) in [6.07, 6.45) is 2.48. The average molecular weight is 281 g/mol. The van der Waals surface area contributed by atoms with Crippen molar-refractivity contribution in [2.45, 2.75) is 6.54 Å². The van der Waals surface area contributed by atoms with Gasteiger partial charge in [0, 0.05) is 17.6 Å². The Kier molecular flexibility index (Phi) is 3.38. The molecule has 2 heterocycles. The topological polar surface area (TPSA) is 115 Å². The number of hydrogen-bond acceptors (Lipinski definition) is 6. The van der Waals surface area contributed by atoms with Gasteiger partial charge in [-0.25, -0.2) is 9.78 Å². The fourth-order valence-electron chi connectivity index (χ4n) is 1.41. The number of nitro groups is 1. The smallest absolute Gasteiger partial charge is 0.365 e. The van der Waals surface area contributed by atoms with Crippen molar-refractivity contribution in [2.75, 3.05) is 0 Å². The molecule has 0 aliphatic carbocycles. The van der Waals surface area contributed by atoms with Gasteiger partial charge in [0.25, 0.3) is 5.43 Å². The Morgan fingerprint density at radius 1 is 1.58 bits per heavy atom. The number of pyridine rings is 1. The molecule has 2 aromatic rings. The van der Waals surface area contributed by atoms with Crippen LogP contribution in [0.3, 0.4) is 0 Å². The third-order valence-electron chi connectivity index (χ3n) is 2.23. The lowest BCUT2D eigenvalue weighted by Gasteiger charge is -2.02. The minimum absolute atomic E-state index is 0.0504. The number of nitrogens with zero attached hydrogens (tertiary/aromatic N) is 3. The van der Waals surface area contributed by atoms with E-state index in [2.05, 4.69) is 4.98 Å². The summed E-state index contributed by atoms with van der Waals surface area (Å²) < 4.78 is 1.40. The molecule has 9 heteroatoms. The van der Waals surface area contributed by atoms with E-state index in [0.29, 0.717) is 5.69 Å². The molecule has 0 fully saturated rings. The molecule has 0 bridgehead atoms. The van der Waals surface area contributed by atoms with Gasteiger partial charge in [-0.1, -0.05) is 0 Å². The van der Waals surface area contributed by atoms with E-state index in [-0.39, 0.29) is 11.6 Å². The molecule has 0 aliphatic rings. The Morgan fingerprint density at radius 2 is 2.32 bits per heavy atom. The Labute approximate surface area is 109 Å². The molecule has 8 nitrogen and oxygen atoms in total. The quantitative estimate of drug-likeness (QED) is 0.659. The molecular formula is C10H7N3O5S. The number of hydrogen-bond donors (Lipinski definition) is 1. The molecule has 19 heavy (non-hydrogen) atoms. The molecule has 0 radical (unpaired) electrons. The molecule has 0 spiro atoms. The zero-order valence-electron chi connectivity index (χ0n) is 9.35. The van der Waals surface area contributed by atoms with Gasteiger partial charge in [0.1, 0.15) is 0 Å². The first kappa shape index (κ1) is 12.9. The third kappa shape index (κ3) is 2.83. The Balaban J connectivity index is 2.28. The maximum atomic E-state index is 11.2. The van der Waals surface area contributed by atoms with Crippen molar-refractivity contribution in [3.8, 4) is 0 Å². The molecule has 0 saturated heterocycles. The molecule has 98 valence electrons. The van der Waals surface area contributed by atoms with Gasteiger partial charge in [-0.05, 0) is 0 Å². The van der Waals surface area contributed by atoms with E-state index >= 15 is 0 Å². The van der Waals surface area contributed by atoms with Gasteiger partial charge in [-0.2, -0.15) is 0 Å². The maximum absolute atomic E-state index is 11.2. The van der Waals surface area contributed by atoms with Crippen LogP contribution >= 0.6 is 11.3 Å². The number of carboxylic acid groups (broad SMARTS) is 1. The SMILES string of the molecule is O=C(O)c1nc(Cn2ccc(=O)c([N+](=O)[O-])c2)cs1. The van der Waals surface area contributed by atoms with Gasteiger partial charge >= 0.3 is 11.7 Å². The highest BCUT2D eigenvalue weighted by atomic mass is 32.1. The van der Waals surface area contributed by atoms with E-state index < -0.39 is 22.0 Å². The summed E-state index contributed by atoms with van der Waals surface area (Å²) in [5.74, 6) is -1.12. The van der Waals surface area contributed by atoms with Crippen molar-refractivity contribution in [1.29, 1.82) is 0 Å². The number of aromatic carboxylic acids is 1. The fraction of sp³-hybridized carbons (Fsp3) is 0.100. The van der Waals surface area contributed by atoms with Gasteiger partial charge in [0.05, 0.1) is 23.4 Å². The van der Waals surface area contributed by atoms with E-state index in [1.165, 1.54) is 10.8 Å². The van der Waals surface area contributed by atoms with Crippen LogP contribution < -0.4 is 5.43 Å². The summed E-state index contributed by atoms with van der Waals surface area (Å²) in [6, 6.07) is 1.09. The van der Waals surface area contributed by atoms with E-state index in [1.807, 2.05) is 0 Å². The lowest BCUT2D eigenvalue weighted by molar-refractivity contribution is -0.386. The number of carbonyl (C=O) groups is 1. The first-order chi connectivity index (χ1) is 8.97. The van der Waals surface area contributed by atoms with Crippen molar-refractivity contribution in [3.63, 3.8) is 0 Å². The van der Waals surface area contributed by atoms with Crippen LogP contribution in [0.15, 0.2) is 28.6 Å². The van der Waals surface area contributed by atoms with Crippen LogP contribution in [0.25, 0.3) is 0 Å². The second-order valence-electron chi connectivity index (χ2n) is 3.57. The van der Waals surface area contributed by atoms with Crippen LogP contribution in [0.2, 0.25) is 0 Å². The Bertz CT molecular complexity index is 705. The van der Waals surface area contributed by atoms with Gasteiger partial charge in [-0.3, -0.25) is 14.9 Å². The number of carboxylic acids is 1. The van der Waals surface area contributed by atoms with Gasteiger partial charge < -0.3 is 9.67 Å². The summed E-state index contributed by atoms with van der Waals surface area (Å²) in [6.45, 7) is 0.158. The van der Waals surface area contributed by atoms with Crippen LogP contribution in [0.5, 0.6) is 0 Å². The maximum Gasteiger partial charge on any atom is 0.365 e. The minimum Gasteiger partial charge on any atom is -0.476 e. The van der Waals surface area contributed by atoms with Crippen LogP contribution in [0.4, 0.5) is 5.69 Å². The molecule has 1 N–H and O–H groups in total. The number of aromatic nitrogens is 2. The highest BCUT2D eigenvalue weighted by Crippen LogP contribution is 2.12. The van der Waals surface area contributed by atoms with Crippen molar-refractivity contribution >= 4 is 23.0 Å². The summed E-state index contributed by atoms with van der Waals surface area (Å²) in [4.78, 5) is 35.6. The van der Waals surface area contributed by atoms with Crippen LogP contribution in [-0.4, -0.2) is 25.6 Å². The molecule has 0 aliphatic heterocycles. The normalized spacial score (nSPS) is 10.3. The van der Waals surface area contributed by atoms with E-state index in [9.17, 15) is 19.7 Å². The molecule has 2 rings (SSSR count). The van der Waals surface area contributed by atoms with Gasteiger partial charge in [-0.15, -0.1) is 11.3 Å². The third-order valence-corrected chi connectivity index (χ3v) is 3.11. The first-order valence-electron chi connectivity index (χ1n) is 4.99. The lowest BCUT2D eigenvalue weighted by Crippen LogP contribution is -2.11. The van der Waals surface area contributed by atoms with Gasteiger partial charge in [0.2, 0.25) is 5.01 Å². The number of thiazole rings is 1. The van der Waals surface area contributed by atoms with Crippen molar-refractivity contribution in [1.82, 2.24) is 9.55 Å². The van der Waals surface area contributed by atoms with E-state index in [1.54, 1.807) is 5.38 Å². The van der Waals surface area contributed by atoms with Crippen LogP contribution in [-0.2, 0) is 6.54 Å². The predicted molar refractivity (Wildman–Crippen MR) is 65.5 cm³/mol. The fourth-order valence-corrected chi connectivity index (χ4v) is 2.06. The molecule has 0 aromatic carbocycles.